The second-order valence-corrected chi connectivity index (χ2v) is 5.04. The molecule has 0 aliphatic carbocycles. The summed E-state index contributed by atoms with van der Waals surface area (Å²) in [6, 6.07) is 11.0. The fraction of sp³-hybridized carbons (Fsp3) is 0.312. The van der Waals surface area contributed by atoms with Gasteiger partial charge in [-0.2, -0.15) is 0 Å². The fourth-order valence-corrected chi connectivity index (χ4v) is 2.67. The summed E-state index contributed by atoms with van der Waals surface area (Å²) in [5.74, 6) is -0.822. The molecule has 1 saturated heterocycles. The van der Waals surface area contributed by atoms with Crippen molar-refractivity contribution in [2.75, 3.05) is 6.61 Å². The lowest BCUT2D eigenvalue weighted by Gasteiger charge is -2.17. The Morgan fingerprint density at radius 1 is 1.33 bits per heavy atom. The SMILES string of the molecule is CCOC(=O)C1NC(=O)CC1c1ccc2ccccc2n1. The molecule has 108 valence electrons. The number of carbonyl (C=O) groups is 2. The van der Waals surface area contributed by atoms with E-state index >= 15 is 0 Å². The molecule has 2 aromatic rings. The number of carbonyl (C=O) groups excluding carboxylic acids is 2. The number of hydrogen-bond donors (Lipinski definition) is 1. The summed E-state index contributed by atoms with van der Waals surface area (Å²) < 4.78 is 5.03. The fourth-order valence-electron chi connectivity index (χ4n) is 2.67. The van der Waals surface area contributed by atoms with E-state index in [0.717, 1.165) is 16.6 Å². The molecule has 3 rings (SSSR count). The first-order chi connectivity index (χ1) is 10.2. The first kappa shape index (κ1) is 13.5. The summed E-state index contributed by atoms with van der Waals surface area (Å²) >= 11 is 0. The third-order valence-electron chi connectivity index (χ3n) is 3.66. The predicted octanol–water partition coefficient (Wildman–Crippen LogP) is 1.77. The Morgan fingerprint density at radius 2 is 2.14 bits per heavy atom. The summed E-state index contributed by atoms with van der Waals surface area (Å²) in [5.41, 5.74) is 1.60. The molecule has 5 heteroatoms. The molecule has 1 aromatic heterocycles. The van der Waals surface area contributed by atoms with Crippen molar-refractivity contribution >= 4 is 22.8 Å². The summed E-state index contributed by atoms with van der Waals surface area (Å²) in [7, 11) is 0. The number of nitrogens with zero attached hydrogens (tertiary/aromatic N) is 1. The highest BCUT2D eigenvalue weighted by molar-refractivity contribution is 5.90. The smallest absolute Gasteiger partial charge is 0.329 e. The third kappa shape index (κ3) is 2.59. The molecular formula is C16H16N2O3. The Hall–Kier alpha value is -2.43. The molecule has 1 aliphatic heterocycles. The van der Waals surface area contributed by atoms with Crippen LogP contribution in [0.15, 0.2) is 36.4 Å². The topological polar surface area (TPSA) is 68.3 Å². The largest absolute Gasteiger partial charge is 0.464 e. The average molecular weight is 284 g/mol. The van der Waals surface area contributed by atoms with Gasteiger partial charge in [0.15, 0.2) is 0 Å². The van der Waals surface area contributed by atoms with Gasteiger partial charge in [0.1, 0.15) is 6.04 Å². The van der Waals surface area contributed by atoms with E-state index < -0.39 is 12.0 Å². The van der Waals surface area contributed by atoms with Crippen LogP contribution in [-0.4, -0.2) is 29.5 Å². The standard InChI is InChI=1S/C16H16N2O3/c1-2-21-16(20)15-11(9-14(19)18-15)13-8-7-10-5-3-4-6-12(10)17-13/h3-8,11,15H,2,9H2,1H3,(H,18,19). The van der Waals surface area contributed by atoms with Crippen LogP contribution < -0.4 is 5.32 Å². The number of pyridine rings is 1. The molecule has 0 saturated carbocycles. The molecule has 21 heavy (non-hydrogen) atoms. The minimum atomic E-state index is -0.647. The number of esters is 1. The van der Waals surface area contributed by atoms with E-state index in [4.69, 9.17) is 4.74 Å². The Labute approximate surface area is 122 Å². The van der Waals surface area contributed by atoms with Crippen LogP contribution in [0.1, 0.15) is 25.0 Å². The maximum atomic E-state index is 12.0. The van der Waals surface area contributed by atoms with Crippen LogP contribution >= 0.6 is 0 Å². The molecule has 2 unspecified atom stereocenters. The van der Waals surface area contributed by atoms with Crippen molar-refractivity contribution in [2.24, 2.45) is 0 Å². The molecule has 1 N–H and O–H groups in total. The average Bonchev–Trinajstić information content (AvgIpc) is 2.89. The van der Waals surface area contributed by atoms with Crippen molar-refractivity contribution in [2.45, 2.75) is 25.3 Å². The molecule has 1 aliphatic rings. The van der Waals surface area contributed by atoms with Crippen molar-refractivity contribution in [1.82, 2.24) is 10.3 Å². The lowest BCUT2D eigenvalue weighted by atomic mass is 9.95. The Kier molecular flexibility index (Phi) is 3.56. The van der Waals surface area contributed by atoms with Gasteiger partial charge < -0.3 is 10.1 Å². The van der Waals surface area contributed by atoms with Crippen LogP contribution in [0, 0.1) is 0 Å². The first-order valence-corrected chi connectivity index (χ1v) is 7.00. The van der Waals surface area contributed by atoms with Crippen LogP contribution in [0.4, 0.5) is 0 Å². The van der Waals surface area contributed by atoms with Crippen LogP contribution in [0.5, 0.6) is 0 Å². The van der Waals surface area contributed by atoms with E-state index in [9.17, 15) is 9.59 Å². The number of hydrogen-bond acceptors (Lipinski definition) is 4. The maximum Gasteiger partial charge on any atom is 0.329 e. The zero-order valence-corrected chi connectivity index (χ0v) is 11.7. The van der Waals surface area contributed by atoms with E-state index in [-0.39, 0.29) is 18.2 Å². The minimum Gasteiger partial charge on any atom is -0.464 e. The summed E-state index contributed by atoms with van der Waals surface area (Å²) in [6.07, 6.45) is 0.259. The number of rotatable bonds is 3. The zero-order chi connectivity index (χ0) is 14.8. The van der Waals surface area contributed by atoms with Crippen LogP contribution in [0.25, 0.3) is 10.9 Å². The van der Waals surface area contributed by atoms with Gasteiger partial charge in [0, 0.05) is 23.4 Å². The van der Waals surface area contributed by atoms with Crippen molar-refractivity contribution in [3.8, 4) is 0 Å². The summed E-state index contributed by atoms with van der Waals surface area (Å²) in [6.45, 7) is 2.04. The van der Waals surface area contributed by atoms with E-state index in [2.05, 4.69) is 10.3 Å². The molecule has 0 bridgehead atoms. The molecule has 0 radical (unpaired) electrons. The Balaban J connectivity index is 1.95. The van der Waals surface area contributed by atoms with Gasteiger partial charge in [0.05, 0.1) is 12.1 Å². The second-order valence-electron chi connectivity index (χ2n) is 5.04. The molecule has 1 aromatic carbocycles. The molecule has 1 amide bonds. The predicted molar refractivity (Wildman–Crippen MR) is 77.7 cm³/mol. The highest BCUT2D eigenvalue weighted by Crippen LogP contribution is 2.29. The van der Waals surface area contributed by atoms with Crippen molar-refractivity contribution in [3.63, 3.8) is 0 Å². The number of fused-ring (bicyclic) bond motifs is 1. The summed E-state index contributed by atoms with van der Waals surface area (Å²) in [5, 5.41) is 3.72. The number of amides is 1. The monoisotopic (exact) mass is 284 g/mol. The van der Waals surface area contributed by atoms with E-state index in [0.29, 0.717) is 6.61 Å². The van der Waals surface area contributed by atoms with E-state index in [1.54, 1.807) is 6.92 Å². The Bertz CT molecular complexity index is 699. The molecule has 2 atom stereocenters. The highest BCUT2D eigenvalue weighted by atomic mass is 16.5. The summed E-state index contributed by atoms with van der Waals surface area (Å²) in [4.78, 5) is 28.2. The van der Waals surface area contributed by atoms with E-state index in [1.807, 2.05) is 36.4 Å². The van der Waals surface area contributed by atoms with Crippen molar-refractivity contribution in [1.29, 1.82) is 0 Å². The van der Waals surface area contributed by atoms with Crippen LogP contribution in [-0.2, 0) is 14.3 Å². The lowest BCUT2D eigenvalue weighted by Crippen LogP contribution is -2.37. The second kappa shape index (κ2) is 5.52. The number of ether oxygens (including phenoxy) is 1. The highest BCUT2D eigenvalue weighted by Gasteiger charge is 2.40. The van der Waals surface area contributed by atoms with Gasteiger partial charge in [-0.15, -0.1) is 0 Å². The van der Waals surface area contributed by atoms with Gasteiger partial charge in [-0.3, -0.25) is 9.78 Å². The van der Waals surface area contributed by atoms with Crippen LogP contribution in [0.3, 0.4) is 0 Å². The molecule has 2 heterocycles. The Morgan fingerprint density at radius 3 is 2.95 bits per heavy atom. The quantitative estimate of drug-likeness (QED) is 0.872. The molecular weight excluding hydrogens is 268 g/mol. The first-order valence-electron chi connectivity index (χ1n) is 7.00. The number of nitrogens with one attached hydrogen (secondary N) is 1. The van der Waals surface area contributed by atoms with Gasteiger partial charge in [-0.1, -0.05) is 24.3 Å². The van der Waals surface area contributed by atoms with Gasteiger partial charge >= 0.3 is 5.97 Å². The van der Waals surface area contributed by atoms with Gasteiger partial charge in [-0.25, -0.2) is 4.79 Å². The number of aromatic nitrogens is 1. The van der Waals surface area contributed by atoms with Crippen LogP contribution in [0.2, 0.25) is 0 Å². The molecule has 0 spiro atoms. The molecule has 5 nitrogen and oxygen atoms in total. The normalized spacial score (nSPS) is 21.3. The third-order valence-corrected chi connectivity index (χ3v) is 3.66. The molecule has 1 fully saturated rings. The minimum absolute atomic E-state index is 0.145. The zero-order valence-electron chi connectivity index (χ0n) is 11.7. The van der Waals surface area contributed by atoms with Gasteiger partial charge in [-0.05, 0) is 19.1 Å². The maximum absolute atomic E-state index is 12.0. The van der Waals surface area contributed by atoms with Gasteiger partial charge in [0.2, 0.25) is 5.91 Å². The van der Waals surface area contributed by atoms with Gasteiger partial charge in [0.25, 0.3) is 0 Å². The number of benzene rings is 1. The lowest BCUT2D eigenvalue weighted by molar-refractivity contribution is -0.146. The van der Waals surface area contributed by atoms with Crippen molar-refractivity contribution in [3.05, 3.63) is 42.1 Å². The van der Waals surface area contributed by atoms with Crippen molar-refractivity contribution < 1.29 is 14.3 Å². The van der Waals surface area contributed by atoms with E-state index in [1.165, 1.54) is 0 Å². The number of para-hydroxylation sites is 1.